The number of hydrogen-bond donors (Lipinski definition) is 0. The molecule has 0 spiro atoms. The van der Waals surface area contributed by atoms with Crippen LogP contribution < -0.4 is 0 Å². The van der Waals surface area contributed by atoms with Gasteiger partial charge in [-0.2, -0.15) is 0 Å². The first-order valence-electron chi connectivity index (χ1n) is 6.67. The van der Waals surface area contributed by atoms with Crippen molar-refractivity contribution in [2.45, 2.75) is 59.8 Å². The summed E-state index contributed by atoms with van der Waals surface area (Å²) in [4.78, 5) is 0. The van der Waals surface area contributed by atoms with Gasteiger partial charge in [0.1, 0.15) is 0 Å². The van der Waals surface area contributed by atoms with Crippen LogP contribution in [-0.2, 0) is 0 Å². The molecule has 3 atom stereocenters. The van der Waals surface area contributed by atoms with Crippen molar-refractivity contribution in [3.8, 4) is 0 Å². The van der Waals surface area contributed by atoms with Gasteiger partial charge in [-0.25, -0.2) is 0 Å². The van der Waals surface area contributed by atoms with E-state index in [1.807, 2.05) is 11.1 Å². The van der Waals surface area contributed by atoms with Crippen LogP contribution in [0.15, 0.2) is 11.1 Å². The minimum absolute atomic E-state index is 0.579. The molecule has 0 nitrogen and oxygen atoms in total. The fourth-order valence-electron chi connectivity index (χ4n) is 5.05. The van der Waals surface area contributed by atoms with Gasteiger partial charge >= 0.3 is 0 Å². The van der Waals surface area contributed by atoms with Crippen LogP contribution in [0.25, 0.3) is 0 Å². The SMILES string of the molecule is C[C@@H]1CC[C@@H]2C3=C1CC[C@@]3(C)CC2(C)C. The highest BCUT2D eigenvalue weighted by molar-refractivity contribution is 5.38. The van der Waals surface area contributed by atoms with Crippen LogP contribution in [0, 0.1) is 22.7 Å². The zero-order chi connectivity index (χ0) is 10.8. The highest BCUT2D eigenvalue weighted by Crippen LogP contribution is 2.66. The third kappa shape index (κ3) is 1.14. The van der Waals surface area contributed by atoms with E-state index >= 15 is 0 Å². The number of allylic oxidation sites excluding steroid dienone is 2. The van der Waals surface area contributed by atoms with Crippen LogP contribution in [0.3, 0.4) is 0 Å². The molecular formula is C15H24. The summed E-state index contributed by atoms with van der Waals surface area (Å²) in [6.45, 7) is 9.99. The zero-order valence-electron chi connectivity index (χ0n) is 10.7. The monoisotopic (exact) mass is 204 g/mol. The fraction of sp³-hybridized carbons (Fsp3) is 0.867. The summed E-state index contributed by atoms with van der Waals surface area (Å²) < 4.78 is 0. The maximum absolute atomic E-state index is 2.54. The van der Waals surface area contributed by atoms with Gasteiger partial charge in [-0.15, -0.1) is 0 Å². The first-order chi connectivity index (χ1) is 6.94. The van der Waals surface area contributed by atoms with E-state index in [-0.39, 0.29) is 0 Å². The summed E-state index contributed by atoms with van der Waals surface area (Å²) >= 11 is 0. The molecule has 84 valence electrons. The molecule has 0 heteroatoms. The molecule has 1 saturated carbocycles. The van der Waals surface area contributed by atoms with E-state index in [2.05, 4.69) is 27.7 Å². The number of hydrogen-bond acceptors (Lipinski definition) is 0. The molecule has 0 N–H and O–H groups in total. The molecule has 3 aliphatic rings. The number of rotatable bonds is 0. The molecule has 0 bridgehead atoms. The van der Waals surface area contributed by atoms with Crippen molar-refractivity contribution in [1.29, 1.82) is 0 Å². The Bertz CT molecular complexity index is 334. The highest BCUT2D eigenvalue weighted by atomic mass is 14.6. The Balaban J connectivity index is 2.14. The molecule has 0 saturated heterocycles. The van der Waals surface area contributed by atoms with Crippen LogP contribution in [0.1, 0.15) is 59.8 Å². The standard InChI is InChI=1S/C15H24/c1-10-5-6-12-13-11(10)7-8-15(13,4)9-14(12,2)3/h10,12H,5-9H2,1-4H3/t10-,12-,15+/m1/s1. The van der Waals surface area contributed by atoms with Gasteiger partial charge in [0, 0.05) is 0 Å². The van der Waals surface area contributed by atoms with Crippen molar-refractivity contribution < 1.29 is 0 Å². The Kier molecular flexibility index (Phi) is 1.79. The van der Waals surface area contributed by atoms with Gasteiger partial charge in [-0.05, 0) is 54.8 Å². The average molecular weight is 204 g/mol. The fourth-order valence-corrected chi connectivity index (χ4v) is 5.05. The van der Waals surface area contributed by atoms with Crippen molar-refractivity contribution in [3.63, 3.8) is 0 Å². The lowest BCUT2D eigenvalue weighted by Crippen LogP contribution is -2.23. The molecule has 0 aromatic carbocycles. The maximum atomic E-state index is 2.54. The normalized spacial score (nSPS) is 47.2. The van der Waals surface area contributed by atoms with Gasteiger partial charge in [0.15, 0.2) is 0 Å². The third-order valence-corrected chi connectivity index (χ3v) is 5.56. The Morgan fingerprint density at radius 2 is 1.87 bits per heavy atom. The van der Waals surface area contributed by atoms with E-state index in [0.29, 0.717) is 10.8 Å². The Morgan fingerprint density at radius 3 is 2.60 bits per heavy atom. The van der Waals surface area contributed by atoms with Crippen molar-refractivity contribution in [2.75, 3.05) is 0 Å². The first kappa shape index (κ1) is 9.93. The minimum Gasteiger partial charge on any atom is -0.0673 e. The first-order valence-corrected chi connectivity index (χ1v) is 6.67. The van der Waals surface area contributed by atoms with Crippen molar-refractivity contribution in [3.05, 3.63) is 11.1 Å². The van der Waals surface area contributed by atoms with E-state index < -0.39 is 0 Å². The lowest BCUT2D eigenvalue weighted by molar-refractivity contribution is 0.220. The topological polar surface area (TPSA) is 0 Å². The molecule has 1 fully saturated rings. The quantitative estimate of drug-likeness (QED) is 0.507. The summed E-state index contributed by atoms with van der Waals surface area (Å²) in [6.07, 6.45) is 7.21. The summed E-state index contributed by atoms with van der Waals surface area (Å²) in [5, 5.41) is 0. The lowest BCUT2D eigenvalue weighted by Gasteiger charge is -2.34. The molecule has 0 amide bonds. The smallest absolute Gasteiger partial charge is 0.0102 e. The zero-order valence-corrected chi connectivity index (χ0v) is 10.7. The maximum Gasteiger partial charge on any atom is -0.0102 e. The molecule has 0 radical (unpaired) electrons. The molecule has 3 aliphatic carbocycles. The Labute approximate surface area is 94.1 Å². The van der Waals surface area contributed by atoms with Gasteiger partial charge in [-0.3, -0.25) is 0 Å². The highest BCUT2D eigenvalue weighted by Gasteiger charge is 2.55. The molecule has 0 aliphatic heterocycles. The Hall–Kier alpha value is -0.260. The lowest BCUT2D eigenvalue weighted by atomic mass is 9.71. The average Bonchev–Trinajstić information content (AvgIpc) is 2.53. The molecule has 3 rings (SSSR count). The van der Waals surface area contributed by atoms with E-state index in [1.54, 1.807) is 0 Å². The Morgan fingerprint density at radius 1 is 1.13 bits per heavy atom. The second-order valence-electron chi connectivity index (χ2n) is 7.20. The third-order valence-electron chi connectivity index (χ3n) is 5.56. The second-order valence-corrected chi connectivity index (χ2v) is 7.20. The van der Waals surface area contributed by atoms with E-state index in [4.69, 9.17) is 0 Å². The molecular weight excluding hydrogens is 180 g/mol. The van der Waals surface area contributed by atoms with Crippen LogP contribution in [0.4, 0.5) is 0 Å². The summed E-state index contributed by atoms with van der Waals surface area (Å²) in [5.74, 6) is 1.82. The molecule has 15 heavy (non-hydrogen) atoms. The van der Waals surface area contributed by atoms with Crippen molar-refractivity contribution >= 4 is 0 Å². The van der Waals surface area contributed by atoms with E-state index in [9.17, 15) is 0 Å². The summed E-state index contributed by atoms with van der Waals surface area (Å²) in [7, 11) is 0. The van der Waals surface area contributed by atoms with Crippen molar-refractivity contribution in [1.82, 2.24) is 0 Å². The van der Waals surface area contributed by atoms with Gasteiger partial charge in [-0.1, -0.05) is 38.8 Å². The van der Waals surface area contributed by atoms with Gasteiger partial charge in [0.25, 0.3) is 0 Å². The van der Waals surface area contributed by atoms with Crippen LogP contribution in [0.2, 0.25) is 0 Å². The molecule has 0 heterocycles. The van der Waals surface area contributed by atoms with Crippen LogP contribution >= 0.6 is 0 Å². The molecule has 0 unspecified atom stereocenters. The van der Waals surface area contributed by atoms with Gasteiger partial charge < -0.3 is 0 Å². The largest absolute Gasteiger partial charge is 0.0673 e. The van der Waals surface area contributed by atoms with Gasteiger partial charge in [0.05, 0.1) is 0 Å². The van der Waals surface area contributed by atoms with Crippen LogP contribution in [0.5, 0.6) is 0 Å². The van der Waals surface area contributed by atoms with Gasteiger partial charge in [0.2, 0.25) is 0 Å². The van der Waals surface area contributed by atoms with E-state index in [0.717, 1.165) is 11.8 Å². The predicted octanol–water partition coefficient (Wildman–Crippen LogP) is 4.56. The molecule has 0 aromatic rings. The summed E-state index contributed by atoms with van der Waals surface area (Å²) in [5.41, 5.74) is 4.97. The summed E-state index contributed by atoms with van der Waals surface area (Å²) in [6, 6.07) is 0. The van der Waals surface area contributed by atoms with E-state index in [1.165, 1.54) is 32.1 Å². The molecule has 0 aromatic heterocycles. The van der Waals surface area contributed by atoms with Crippen LogP contribution in [-0.4, -0.2) is 0 Å². The minimum atomic E-state index is 0.579. The predicted molar refractivity (Wildman–Crippen MR) is 64.7 cm³/mol. The van der Waals surface area contributed by atoms with Crippen molar-refractivity contribution in [2.24, 2.45) is 22.7 Å². The second kappa shape index (κ2) is 2.70.